The van der Waals surface area contributed by atoms with Crippen LogP contribution in [0.3, 0.4) is 0 Å². The van der Waals surface area contributed by atoms with E-state index >= 15 is 0 Å². The maximum absolute atomic E-state index is 12.0. The van der Waals surface area contributed by atoms with Crippen LogP contribution in [-0.4, -0.2) is 33.3 Å². The molecule has 0 bridgehead atoms. The summed E-state index contributed by atoms with van der Waals surface area (Å²) in [4.78, 5) is 17.3. The fraction of sp³-hybridized carbons (Fsp3) is 0.250. The molecule has 2 aromatic carbocycles. The van der Waals surface area contributed by atoms with Crippen LogP contribution in [0.15, 0.2) is 47.5 Å². The third kappa shape index (κ3) is 4.14. The van der Waals surface area contributed by atoms with Gasteiger partial charge in [-0.15, -0.1) is 11.8 Å². The first-order chi connectivity index (χ1) is 14.4. The Morgan fingerprint density at radius 3 is 2.50 bits per heavy atom. The van der Waals surface area contributed by atoms with Crippen LogP contribution in [0, 0.1) is 6.92 Å². The van der Waals surface area contributed by atoms with Crippen LogP contribution in [-0.2, 0) is 0 Å². The molecule has 0 spiro atoms. The van der Waals surface area contributed by atoms with Crippen molar-refractivity contribution in [2.45, 2.75) is 32.6 Å². The zero-order valence-electron chi connectivity index (χ0n) is 17.5. The summed E-state index contributed by atoms with van der Waals surface area (Å²) < 4.78 is 5.63. The quantitative estimate of drug-likeness (QED) is 0.367. The van der Waals surface area contributed by atoms with E-state index in [1.807, 2.05) is 39.0 Å². The second kappa shape index (κ2) is 9.22. The number of nitrogens with zero attached hydrogens (tertiary/aromatic N) is 1. The fourth-order valence-electron chi connectivity index (χ4n) is 3.50. The highest BCUT2D eigenvalue weighted by molar-refractivity contribution is 7.99. The first-order valence-electron chi connectivity index (χ1n) is 9.80. The molecule has 0 saturated carbocycles. The number of rotatable bonds is 7. The van der Waals surface area contributed by atoms with Gasteiger partial charge in [-0.2, -0.15) is 0 Å². The van der Waals surface area contributed by atoms with Crippen molar-refractivity contribution in [3.05, 3.63) is 53.7 Å². The topological polar surface area (TPSA) is 79.7 Å². The summed E-state index contributed by atoms with van der Waals surface area (Å²) in [6.07, 6.45) is 1.72. The van der Waals surface area contributed by atoms with Gasteiger partial charge in [0.25, 0.3) is 0 Å². The summed E-state index contributed by atoms with van der Waals surface area (Å²) in [6.45, 7) is 7.59. The molecule has 2 N–H and O–H groups in total. The van der Waals surface area contributed by atoms with Gasteiger partial charge in [0.05, 0.1) is 12.3 Å². The van der Waals surface area contributed by atoms with Gasteiger partial charge < -0.3 is 14.9 Å². The zero-order chi connectivity index (χ0) is 21.8. The molecule has 6 heteroatoms. The highest BCUT2D eigenvalue weighted by atomic mass is 32.2. The number of benzene rings is 2. The van der Waals surface area contributed by atoms with Gasteiger partial charge in [0.1, 0.15) is 22.8 Å². The van der Waals surface area contributed by atoms with Crippen LogP contribution in [0.4, 0.5) is 0 Å². The van der Waals surface area contributed by atoms with Crippen molar-refractivity contribution < 1.29 is 19.7 Å². The summed E-state index contributed by atoms with van der Waals surface area (Å²) >= 11 is 1.60. The van der Waals surface area contributed by atoms with Crippen molar-refractivity contribution >= 4 is 17.5 Å². The number of hydrogen-bond donors (Lipinski definition) is 2. The number of aromatic nitrogens is 1. The molecule has 0 atom stereocenters. The summed E-state index contributed by atoms with van der Waals surface area (Å²) in [6, 6.07) is 10.6. The highest BCUT2D eigenvalue weighted by Crippen LogP contribution is 2.46. The van der Waals surface area contributed by atoms with Gasteiger partial charge in [0.15, 0.2) is 5.78 Å². The lowest BCUT2D eigenvalue weighted by Gasteiger charge is -2.19. The maximum Gasteiger partial charge on any atom is 0.167 e. The Hall–Kier alpha value is -2.99. The Morgan fingerprint density at radius 1 is 1.13 bits per heavy atom. The molecule has 156 valence electrons. The third-order valence-corrected chi connectivity index (χ3v) is 5.85. The molecule has 3 rings (SSSR count). The van der Waals surface area contributed by atoms with Gasteiger partial charge in [0, 0.05) is 22.2 Å². The second-order valence-electron chi connectivity index (χ2n) is 6.78. The summed E-state index contributed by atoms with van der Waals surface area (Å²) in [5.74, 6) is 0.737. The second-order valence-corrected chi connectivity index (χ2v) is 8.05. The SMILES string of the molecule is CCOc1cc(-c2c(O)cc(-c3ccccn3)c(C)c2SCC)cc(O)c1C(C)=O. The Bertz CT molecular complexity index is 1080. The molecule has 0 radical (unpaired) electrons. The van der Waals surface area contributed by atoms with Gasteiger partial charge in [-0.1, -0.05) is 13.0 Å². The minimum absolute atomic E-state index is 0.0784. The number of hydrogen-bond acceptors (Lipinski definition) is 6. The molecule has 1 aromatic heterocycles. The monoisotopic (exact) mass is 423 g/mol. The van der Waals surface area contributed by atoms with Crippen LogP contribution in [0.5, 0.6) is 17.2 Å². The predicted octanol–water partition coefficient (Wildman–Crippen LogP) is 5.85. The molecule has 0 aliphatic rings. The lowest BCUT2D eigenvalue weighted by atomic mass is 9.94. The molecule has 0 unspecified atom stereocenters. The van der Waals surface area contributed by atoms with E-state index in [0.717, 1.165) is 27.5 Å². The Morgan fingerprint density at radius 2 is 1.90 bits per heavy atom. The van der Waals surface area contributed by atoms with Crippen molar-refractivity contribution in [3.8, 4) is 39.6 Å². The number of ketones is 1. The molecule has 0 amide bonds. The fourth-order valence-corrected chi connectivity index (χ4v) is 4.49. The largest absolute Gasteiger partial charge is 0.507 e. The number of ether oxygens (including phenoxy) is 1. The van der Waals surface area contributed by atoms with E-state index in [4.69, 9.17) is 4.74 Å². The number of phenols is 2. The molecular weight excluding hydrogens is 398 g/mol. The molecular formula is C24H25NO4S. The molecule has 1 heterocycles. The summed E-state index contributed by atoms with van der Waals surface area (Å²) in [7, 11) is 0. The number of phenolic OH excluding ortho intramolecular Hbond substituents is 2. The Balaban J connectivity index is 2.28. The number of pyridine rings is 1. The van der Waals surface area contributed by atoms with Gasteiger partial charge in [-0.25, -0.2) is 0 Å². The van der Waals surface area contributed by atoms with Crippen LogP contribution in [0.2, 0.25) is 0 Å². The first-order valence-corrected chi connectivity index (χ1v) is 10.8. The van der Waals surface area contributed by atoms with Gasteiger partial charge in [0.2, 0.25) is 0 Å². The minimum atomic E-state index is -0.281. The van der Waals surface area contributed by atoms with Crippen LogP contribution in [0.25, 0.3) is 22.4 Å². The van der Waals surface area contributed by atoms with Crippen molar-refractivity contribution in [1.29, 1.82) is 0 Å². The normalized spacial score (nSPS) is 10.8. The number of carbonyl (C=O) groups excluding carboxylic acids is 1. The van der Waals surface area contributed by atoms with Crippen molar-refractivity contribution in [2.75, 3.05) is 12.4 Å². The van der Waals surface area contributed by atoms with E-state index in [0.29, 0.717) is 23.5 Å². The lowest BCUT2D eigenvalue weighted by Crippen LogP contribution is -2.02. The van der Waals surface area contributed by atoms with E-state index in [1.54, 1.807) is 30.1 Å². The van der Waals surface area contributed by atoms with E-state index in [1.165, 1.54) is 13.0 Å². The summed E-state index contributed by atoms with van der Waals surface area (Å²) in [5.41, 5.74) is 3.95. The van der Waals surface area contributed by atoms with Crippen molar-refractivity contribution in [2.24, 2.45) is 0 Å². The van der Waals surface area contributed by atoms with Crippen LogP contribution in [0.1, 0.15) is 36.7 Å². The number of Topliss-reactive ketones (excluding diaryl/α,β-unsaturated/α-hetero) is 1. The van der Waals surface area contributed by atoms with Crippen LogP contribution >= 0.6 is 11.8 Å². The standard InChI is InChI=1S/C24H25NO4S/c1-5-29-21-12-16(11-19(27)22(21)15(4)26)23-20(28)13-17(14(3)24(23)30-6-2)18-9-7-8-10-25-18/h7-13,27-28H,5-6H2,1-4H3. The molecule has 3 aromatic rings. The van der Waals surface area contributed by atoms with Crippen molar-refractivity contribution in [1.82, 2.24) is 4.98 Å². The predicted molar refractivity (Wildman–Crippen MR) is 121 cm³/mol. The van der Waals surface area contributed by atoms with Crippen LogP contribution < -0.4 is 4.74 Å². The molecule has 0 fully saturated rings. The molecule has 5 nitrogen and oxygen atoms in total. The average Bonchev–Trinajstić information content (AvgIpc) is 2.71. The highest BCUT2D eigenvalue weighted by Gasteiger charge is 2.22. The molecule has 0 aliphatic heterocycles. The molecule has 0 aliphatic carbocycles. The number of carbonyl (C=O) groups is 1. The van der Waals surface area contributed by atoms with E-state index in [2.05, 4.69) is 4.98 Å². The smallest absolute Gasteiger partial charge is 0.167 e. The number of aromatic hydroxyl groups is 2. The minimum Gasteiger partial charge on any atom is -0.507 e. The van der Waals surface area contributed by atoms with Crippen molar-refractivity contribution in [3.63, 3.8) is 0 Å². The molecule has 0 saturated heterocycles. The first kappa shape index (κ1) is 21.7. The van der Waals surface area contributed by atoms with E-state index < -0.39 is 0 Å². The van der Waals surface area contributed by atoms with Gasteiger partial charge >= 0.3 is 0 Å². The Kier molecular flexibility index (Phi) is 6.67. The lowest BCUT2D eigenvalue weighted by molar-refractivity contribution is 0.101. The van der Waals surface area contributed by atoms with E-state index in [-0.39, 0.29) is 22.8 Å². The number of thioether (sulfide) groups is 1. The van der Waals surface area contributed by atoms with Gasteiger partial charge in [-0.3, -0.25) is 9.78 Å². The maximum atomic E-state index is 12.0. The Labute approximate surface area is 180 Å². The van der Waals surface area contributed by atoms with E-state index in [9.17, 15) is 15.0 Å². The zero-order valence-corrected chi connectivity index (χ0v) is 18.3. The molecule has 30 heavy (non-hydrogen) atoms. The van der Waals surface area contributed by atoms with Gasteiger partial charge in [-0.05, 0) is 68.0 Å². The summed E-state index contributed by atoms with van der Waals surface area (Å²) in [5, 5.41) is 21.5. The third-order valence-electron chi connectivity index (χ3n) is 4.76. The average molecular weight is 424 g/mol.